The van der Waals surface area contributed by atoms with Crippen molar-refractivity contribution in [3.63, 3.8) is 0 Å². The van der Waals surface area contributed by atoms with Crippen LogP contribution in [0.1, 0.15) is 22.3 Å². The summed E-state index contributed by atoms with van der Waals surface area (Å²) in [4.78, 5) is 37.3. The molecule has 2 rings (SSSR count). The Kier molecular flexibility index (Phi) is 9.60. The normalized spacial score (nSPS) is 10.2. The van der Waals surface area contributed by atoms with Gasteiger partial charge in [0.1, 0.15) is 0 Å². The van der Waals surface area contributed by atoms with Crippen molar-refractivity contribution in [1.82, 2.24) is 0 Å². The molecule has 2 aromatic carbocycles. The van der Waals surface area contributed by atoms with Crippen molar-refractivity contribution in [2.45, 2.75) is 13.3 Å². The van der Waals surface area contributed by atoms with E-state index in [1.54, 1.807) is 25.1 Å². The third-order valence-corrected chi connectivity index (χ3v) is 5.01. The van der Waals surface area contributed by atoms with Gasteiger partial charge in [0.05, 0.1) is 29.6 Å². The Labute approximate surface area is 195 Å². The number of anilines is 2. The summed E-state index contributed by atoms with van der Waals surface area (Å²) < 4.78 is 10.1. The molecule has 0 saturated carbocycles. The van der Waals surface area contributed by atoms with Crippen molar-refractivity contribution in [1.29, 1.82) is 5.26 Å². The van der Waals surface area contributed by atoms with Gasteiger partial charge in [0.25, 0.3) is 11.6 Å². The number of halogens is 1. The molecule has 174 valence electrons. The molecule has 0 fully saturated rings. The number of carbonyl (C=O) groups is 2. The monoisotopic (exact) mass is 474 g/mol. The number of benzene rings is 2. The average molecular weight is 475 g/mol. The number of nitrogens with one attached hydrogen (secondary N) is 1. The van der Waals surface area contributed by atoms with Gasteiger partial charge in [0.15, 0.2) is 6.61 Å². The topological polar surface area (TPSA) is 135 Å². The highest BCUT2D eigenvalue weighted by atomic mass is 35.5. The van der Waals surface area contributed by atoms with Crippen LogP contribution in [0.3, 0.4) is 0 Å². The Balaban J connectivity index is 2.20. The zero-order chi connectivity index (χ0) is 24.4. The van der Waals surface area contributed by atoms with Crippen LogP contribution in [0.4, 0.5) is 17.1 Å². The molecule has 0 spiro atoms. The maximum absolute atomic E-state index is 12.8. The molecule has 0 radical (unpaired) electrons. The number of rotatable bonds is 11. The summed E-state index contributed by atoms with van der Waals surface area (Å²) in [7, 11) is 1.51. The van der Waals surface area contributed by atoms with Crippen molar-refractivity contribution >= 4 is 40.5 Å². The molecule has 0 atom stereocenters. The molecular formula is C22H23ClN4O6. The largest absolute Gasteiger partial charge is 0.452 e. The highest BCUT2D eigenvalue weighted by Gasteiger charge is 2.22. The summed E-state index contributed by atoms with van der Waals surface area (Å²) >= 11 is 6.05. The lowest BCUT2D eigenvalue weighted by molar-refractivity contribution is -0.384. The van der Waals surface area contributed by atoms with E-state index in [0.717, 1.165) is 11.6 Å². The highest BCUT2D eigenvalue weighted by Crippen LogP contribution is 2.25. The molecule has 0 bridgehead atoms. The third kappa shape index (κ3) is 7.17. The second kappa shape index (κ2) is 12.4. The number of carbonyl (C=O) groups excluding carboxylic acids is 2. The number of nitro benzene ring substituents is 1. The maximum Gasteiger partial charge on any atom is 0.341 e. The molecule has 0 heterocycles. The quantitative estimate of drug-likeness (QED) is 0.225. The number of amides is 1. The smallest absolute Gasteiger partial charge is 0.341 e. The molecule has 33 heavy (non-hydrogen) atoms. The van der Waals surface area contributed by atoms with Crippen LogP contribution < -0.4 is 10.2 Å². The van der Waals surface area contributed by atoms with E-state index in [4.69, 9.17) is 26.3 Å². The van der Waals surface area contributed by atoms with Gasteiger partial charge in [-0.05, 0) is 36.8 Å². The molecule has 0 unspecified atom stereocenters. The van der Waals surface area contributed by atoms with Crippen molar-refractivity contribution in [3.05, 3.63) is 62.7 Å². The lowest BCUT2D eigenvalue weighted by atomic mass is 10.1. The SMILES string of the molecule is COCCNc1ccc([N+](=O)[O-])cc1C(=O)OCC(=O)N(CCC#N)c1ccc(Cl)c(C)c1. The molecule has 0 aliphatic carbocycles. The van der Waals surface area contributed by atoms with Gasteiger partial charge < -0.3 is 19.7 Å². The first-order chi connectivity index (χ1) is 15.8. The van der Waals surface area contributed by atoms with Crippen molar-refractivity contribution in [3.8, 4) is 6.07 Å². The predicted molar refractivity (Wildman–Crippen MR) is 123 cm³/mol. The predicted octanol–water partition coefficient (Wildman–Crippen LogP) is 3.72. The van der Waals surface area contributed by atoms with Gasteiger partial charge in [0.2, 0.25) is 0 Å². The minimum atomic E-state index is -0.903. The number of hydrogen-bond acceptors (Lipinski definition) is 8. The fourth-order valence-electron chi connectivity index (χ4n) is 2.90. The molecule has 1 amide bonds. The standard InChI is InChI=1S/C22H23ClN4O6/c1-15-12-16(4-6-19(15)23)26(10-3-8-24)21(28)14-33-22(29)18-13-17(27(30)31)5-7-20(18)25-9-11-32-2/h4-7,12-13,25H,3,9-11,14H2,1-2H3. The van der Waals surface area contributed by atoms with Crippen LogP contribution in [-0.4, -0.2) is 50.2 Å². The summed E-state index contributed by atoms with van der Waals surface area (Å²) in [5.41, 5.74) is 1.18. The first-order valence-electron chi connectivity index (χ1n) is 9.90. The summed E-state index contributed by atoms with van der Waals surface area (Å²) in [6.07, 6.45) is 0.0693. The van der Waals surface area contributed by atoms with Crippen molar-refractivity contribution in [2.24, 2.45) is 0 Å². The zero-order valence-corrected chi connectivity index (χ0v) is 18.9. The second-order valence-electron chi connectivity index (χ2n) is 6.87. The summed E-state index contributed by atoms with van der Waals surface area (Å²) in [5.74, 6) is -1.46. The number of nitrogens with zero attached hydrogens (tertiary/aromatic N) is 3. The summed E-state index contributed by atoms with van der Waals surface area (Å²) in [5, 5.41) is 23.5. The third-order valence-electron chi connectivity index (χ3n) is 4.58. The Bertz CT molecular complexity index is 1070. The molecule has 0 aliphatic heterocycles. The fraction of sp³-hybridized carbons (Fsp3) is 0.318. The molecule has 0 aliphatic rings. The van der Waals surface area contributed by atoms with Gasteiger partial charge in [-0.25, -0.2) is 4.79 Å². The van der Waals surface area contributed by atoms with E-state index in [0.29, 0.717) is 29.5 Å². The number of nitriles is 1. The van der Waals surface area contributed by atoms with Gasteiger partial charge in [0, 0.05) is 48.7 Å². The van der Waals surface area contributed by atoms with Gasteiger partial charge in [-0.2, -0.15) is 5.26 Å². The summed E-state index contributed by atoms with van der Waals surface area (Å²) in [6, 6.07) is 10.7. The van der Waals surface area contributed by atoms with E-state index in [1.165, 1.54) is 24.1 Å². The maximum atomic E-state index is 12.8. The van der Waals surface area contributed by atoms with Gasteiger partial charge in [-0.1, -0.05) is 11.6 Å². The van der Waals surface area contributed by atoms with Crippen molar-refractivity contribution < 1.29 is 24.0 Å². The zero-order valence-electron chi connectivity index (χ0n) is 18.2. The van der Waals surface area contributed by atoms with E-state index in [2.05, 4.69) is 5.32 Å². The van der Waals surface area contributed by atoms with Gasteiger partial charge in [-0.15, -0.1) is 0 Å². The molecule has 0 saturated heterocycles. The lowest BCUT2D eigenvalue weighted by Crippen LogP contribution is -2.35. The number of aryl methyl sites for hydroxylation is 1. The van der Waals surface area contributed by atoms with Gasteiger partial charge >= 0.3 is 5.97 Å². The Hall–Kier alpha value is -3.68. The Morgan fingerprint density at radius 2 is 2.03 bits per heavy atom. The number of esters is 1. The number of non-ortho nitro benzene ring substituents is 1. The van der Waals surface area contributed by atoms with E-state index in [9.17, 15) is 19.7 Å². The molecule has 2 aromatic rings. The fourth-order valence-corrected chi connectivity index (χ4v) is 3.01. The molecule has 1 N–H and O–H groups in total. The van der Waals surface area contributed by atoms with Crippen LogP contribution in [0, 0.1) is 28.4 Å². The Morgan fingerprint density at radius 1 is 1.27 bits per heavy atom. The lowest BCUT2D eigenvalue weighted by Gasteiger charge is -2.22. The first-order valence-corrected chi connectivity index (χ1v) is 10.3. The van der Waals surface area contributed by atoms with Crippen LogP contribution in [0.15, 0.2) is 36.4 Å². The van der Waals surface area contributed by atoms with Crippen LogP contribution in [0.25, 0.3) is 0 Å². The minimum Gasteiger partial charge on any atom is -0.452 e. The molecule has 10 nitrogen and oxygen atoms in total. The average Bonchev–Trinajstić information content (AvgIpc) is 2.80. The minimum absolute atomic E-state index is 0.0693. The van der Waals surface area contributed by atoms with Crippen LogP contribution in [-0.2, 0) is 14.3 Å². The summed E-state index contributed by atoms with van der Waals surface area (Å²) in [6.45, 7) is 1.95. The number of ether oxygens (including phenoxy) is 2. The number of nitro groups is 1. The van der Waals surface area contributed by atoms with E-state index in [-0.39, 0.29) is 24.2 Å². The van der Waals surface area contributed by atoms with Crippen molar-refractivity contribution in [2.75, 3.05) is 43.6 Å². The number of methoxy groups -OCH3 is 1. The molecule has 11 heteroatoms. The molecular weight excluding hydrogens is 452 g/mol. The van der Waals surface area contributed by atoms with E-state index < -0.39 is 23.4 Å². The number of hydrogen-bond donors (Lipinski definition) is 1. The van der Waals surface area contributed by atoms with E-state index >= 15 is 0 Å². The van der Waals surface area contributed by atoms with Crippen LogP contribution in [0.5, 0.6) is 0 Å². The second-order valence-corrected chi connectivity index (χ2v) is 7.28. The first kappa shape index (κ1) is 25.6. The Morgan fingerprint density at radius 3 is 2.67 bits per heavy atom. The van der Waals surface area contributed by atoms with Gasteiger partial charge in [-0.3, -0.25) is 14.9 Å². The van der Waals surface area contributed by atoms with Crippen LogP contribution >= 0.6 is 11.6 Å². The van der Waals surface area contributed by atoms with Crippen LogP contribution in [0.2, 0.25) is 5.02 Å². The molecule has 0 aromatic heterocycles. The highest BCUT2D eigenvalue weighted by molar-refractivity contribution is 6.31. The van der Waals surface area contributed by atoms with E-state index in [1.807, 2.05) is 6.07 Å².